The third-order valence-corrected chi connectivity index (χ3v) is 5.27. The fourth-order valence-corrected chi connectivity index (χ4v) is 4.09. The first-order chi connectivity index (χ1) is 9.99. The van der Waals surface area contributed by atoms with Crippen LogP contribution in [0.4, 0.5) is 0 Å². The summed E-state index contributed by atoms with van der Waals surface area (Å²) in [6.45, 7) is 13.4. The minimum Gasteiger partial charge on any atom is -0.300 e. The largest absolute Gasteiger partial charge is 0.300 e. The molecule has 120 valence electrons. The van der Waals surface area contributed by atoms with Crippen LogP contribution in [0.5, 0.6) is 0 Å². The van der Waals surface area contributed by atoms with E-state index < -0.39 is 5.54 Å². The predicted molar refractivity (Wildman–Crippen MR) is 87.2 cm³/mol. The van der Waals surface area contributed by atoms with Gasteiger partial charge in [0.15, 0.2) is 0 Å². The highest BCUT2D eigenvalue weighted by Gasteiger charge is 2.38. The van der Waals surface area contributed by atoms with E-state index in [9.17, 15) is 5.26 Å². The number of nitrogens with zero attached hydrogens (tertiary/aromatic N) is 3. The van der Waals surface area contributed by atoms with Gasteiger partial charge in [0.2, 0.25) is 0 Å². The molecule has 0 aromatic carbocycles. The number of nitrogens with one attached hydrogen (secondary N) is 1. The number of rotatable bonds is 6. The smallest absolute Gasteiger partial charge is 0.105 e. The minimum atomic E-state index is -0.401. The van der Waals surface area contributed by atoms with Gasteiger partial charge in [-0.25, -0.2) is 0 Å². The summed E-state index contributed by atoms with van der Waals surface area (Å²) in [6, 6.07) is 4.30. The molecule has 2 rings (SSSR count). The van der Waals surface area contributed by atoms with Gasteiger partial charge in [0.25, 0.3) is 0 Å². The summed E-state index contributed by atoms with van der Waals surface area (Å²) in [5.74, 6) is 0. The highest BCUT2D eigenvalue weighted by atomic mass is 15.3. The van der Waals surface area contributed by atoms with Crippen LogP contribution in [0.1, 0.15) is 53.4 Å². The van der Waals surface area contributed by atoms with Crippen LogP contribution >= 0.6 is 0 Å². The van der Waals surface area contributed by atoms with E-state index in [4.69, 9.17) is 0 Å². The standard InChI is InChI=1S/C17H32N4/c1-5-8-19-17(4,13-18)10-14(2)21-12-16-7-6-9-20(16)11-15(21)3/h14-16,19H,5-12H2,1-4H3. The van der Waals surface area contributed by atoms with Gasteiger partial charge < -0.3 is 0 Å². The Morgan fingerprint density at radius 3 is 2.86 bits per heavy atom. The van der Waals surface area contributed by atoms with E-state index in [1.165, 1.54) is 32.5 Å². The van der Waals surface area contributed by atoms with Crippen LogP contribution in [-0.2, 0) is 0 Å². The first-order valence-corrected chi connectivity index (χ1v) is 8.65. The minimum absolute atomic E-state index is 0.401. The average Bonchev–Trinajstić information content (AvgIpc) is 2.91. The summed E-state index contributed by atoms with van der Waals surface area (Å²) < 4.78 is 0. The fraction of sp³-hybridized carbons (Fsp3) is 0.941. The van der Waals surface area contributed by atoms with Crippen LogP contribution in [0.3, 0.4) is 0 Å². The molecule has 4 unspecified atom stereocenters. The van der Waals surface area contributed by atoms with Gasteiger partial charge in [-0.2, -0.15) is 5.26 Å². The van der Waals surface area contributed by atoms with Gasteiger partial charge >= 0.3 is 0 Å². The molecule has 0 radical (unpaired) electrons. The maximum absolute atomic E-state index is 9.54. The molecule has 1 N–H and O–H groups in total. The molecule has 2 aliphatic rings. The van der Waals surface area contributed by atoms with E-state index in [0.29, 0.717) is 12.1 Å². The summed E-state index contributed by atoms with van der Waals surface area (Å²) in [7, 11) is 0. The Hall–Kier alpha value is -0.630. The van der Waals surface area contributed by atoms with Crippen molar-refractivity contribution in [2.24, 2.45) is 0 Å². The van der Waals surface area contributed by atoms with Gasteiger partial charge in [0.05, 0.1) is 6.07 Å². The van der Waals surface area contributed by atoms with Crippen molar-refractivity contribution in [2.75, 3.05) is 26.2 Å². The molecule has 0 amide bonds. The van der Waals surface area contributed by atoms with Crippen LogP contribution in [0.2, 0.25) is 0 Å². The number of hydrogen-bond donors (Lipinski definition) is 1. The Kier molecular flexibility index (Phi) is 5.65. The van der Waals surface area contributed by atoms with Crippen LogP contribution in [0, 0.1) is 11.3 Å². The second-order valence-electron chi connectivity index (χ2n) is 7.26. The number of hydrogen-bond acceptors (Lipinski definition) is 4. The third-order valence-electron chi connectivity index (χ3n) is 5.27. The van der Waals surface area contributed by atoms with Crippen LogP contribution in [-0.4, -0.2) is 59.6 Å². The molecule has 4 atom stereocenters. The van der Waals surface area contributed by atoms with Crippen molar-refractivity contribution >= 4 is 0 Å². The molecular weight excluding hydrogens is 260 g/mol. The lowest BCUT2D eigenvalue weighted by Gasteiger charge is -2.46. The van der Waals surface area contributed by atoms with Gasteiger partial charge in [-0.1, -0.05) is 6.92 Å². The number of piperazine rings is 1. The van der Waals surface area contributed by atoms with Crippen molar-refractivity contribution in [2.45, 2.75) is 77.0 Å². The summed E-state index contributed by atoms with van der Waals surface area (Å²) in [4.78, 5) is 5.29. The van der Waals surface area contributed by atoms with Crippen LogP contribution < -0.4 is 5.32 Å². The maximum atomic E-state index is 9.54. The van der Waals surface area contributed by atoms with Crippen molar-refractivity contribution in [1.29, 1.82) is 5.26 Å². The Morgan fingerprint density at radius 1 is 1.43 bits per heavy atom. The molecule has 0 aromatic rings. The lowest BCUT2D eigenvalue weighted by Crippen LogP contribution is -2.59. The monoisotopic (exact) mass is 292 g/mol. The zero-order chi connectivity index (χ0) is 15.5. The average molecular weight is 292 g/mol. The molecule has 0 aromatic heterocycles. The molecule has 2 aliphatic heterocycles. The lowest BCUT2D eigenvalue weighted by atomic mass is 9.92. The second-order valence-corrected chi connectivity index (χ2v) is 7.26. The Morgan fingerprint density at radius 2 is 2.19 bits per heavy atom. The molecule has 21 heavy (non-hydrogen) atoms. The summed E-state index contributed by atoms with van der Waals surface area (Å²) in [5, 5.41) is 13.0. The zero-order valence-corrected chi connectivity index (χ0v) is 14.2. The van der Waals surface area contributed by atoms with Crippen molar-refractivity contribution in [1.82, 2.24) is 15.1 Å². The molecule has 4 heteroatoms. The first-order valence-electron chi connectivity index (χ1n) is 8.65. The van der Waals surface area contributed by atoms with Gasteiger partial charge in [0, 0.05) is 31.2 Å². The number of nitriles is 1. The zero-order valence-electron chi connectivity index (χ0n) is 14.2. The maximum Gasteiger partial charge on any atom is 0.105 e. The topological polar surface area (TPSA) is 42.3 Å². The molecule has 2 saturated heterocycles. The van der Waals surface area contributed by atoms with E-state index in [1.807, 2.05) is 0 Å². The van der Waals surface area contributed by atoms with Crippen LogP contribution in [0.15, 0.2) is 0 Å². The van der Waals surface area contributed by atoms with E-state index in [2.05, 4.69) is 48.9 Å². The highest BCUT2D eigenvalue weighted by Crippen LogP contribution is 2.28. The highest BCUT2D eigenvalue weighted by molar-refractivity contribution is 5.06. The molecule has 0 aliphatic carbocycles. The normalized spacial score (nSPS) is 31.4. The van der Waals surface area contributed by atoms with E-state index >= 15 is 0 Å². The van der Waals surface area contributed by atoms with Crippen molar-refractivity contribution in [3.8, 4) is 6.07 Å². The molecule has 0 bridgehead atoms. The first kappa shape index (κ1) is 16.7. The van der Waals surface area contributed by atoms with E-state index in [0.717, 1.165) is 25.4 Å². The summed E-state index contributed by atoms with van der Waals surface area (Å²) in [5.41, 5.74) is -0.401. The summed E-state index contributed by atoms with van der Waals surface area (Å²) in [6.07, 6.45) is 4.68. The molecule has 2 heterocycles. The van der Waals surface area contributed by atoms with Crippen molar-refractivity contribution < 1.29 is 0 Å². The van der Waals surface area contributed by atoms with Gasteiger partial charge in [0.1, 0.15) is 5.54 Å². The van der Waals surface area contributed by atoms with E-state index in [-0.39, 0.29) is 0 Å². The lowest BCUT2D eigenvalue weighted by molar-refractivity contribution is 0.0254. The molecule has 0 saturated carbocycles. The van der Waals surface area contributed by atoms with Crippen molar-refractivity contribution in [3.05, 3.63) is 0 Å². The van der Waals surface area contributed by atoms with Gasteiger partial charge in [-0.3, -0.25) is 15.1 Å². The van der Waals surface area contributed by atoms with Crippen LogP contribution in [0.25, 0.3) is 0 Å². The quantitative estimate of drug-likeness (QED) is 0.815. The Balaban J connectivity index is 1.95. The number of fused-ring (bicyclic) bond motifs is 1. The van der Waals surface area contributed by atoms with Gasteiger partial charge in [-0.05, 0) is 59.5 Å². The molecule has 2 fully saturated rings. The molecular formula is C17H32N4. The fourth-order valence-electron chi connectivity index (χ4n) is 4.09. The van der Waals surface area contributed by atoms with Gasteiger partial charge in [-0.15, -0.1) is 0 Å². The Bertz CT molecular complexity index is 377. The second kappa shape index (κ2) is 7.09. The Labute approximate surface area is 130 Å². The SMILES string of the molecule is CCCNC(C)(C#N)CC(C)N1CC2CCCN2CC1C. The van der Waals surface area contributed by atoms with E-state index in [1.54, 1.807) is 0 Å². The predicted octanol–water partition coefficient (Wildman–Crippen LogP) is 2.22. The van der Waals surface area contributed by atoms with Crippen molar-refractivity contribution in [3.63, 3.8) is 0 Å². The molecule has 0 spiro atoms. The molecule has 4 nitrogen and oxygen atoms in total. The summed E-state index contributed by atoms with van der Waals surface area (Å²) >= 11 is 0. The third kappa shape index (κ3) is 3.97.